The minimum Gasteiger partial charge on any atom is -0.276 e. The summed E-state index contributed by atoms with van der Waals surface area (Å²) in [5, 5.41) is 0. The monoisotopic (exact) mass is 163 g/mol. The number of hydrogen-bond acceptors (Lipinski definition) is 1. The molecule has 0 radical (unpaired) electrons. The second-order valence-electron chi connectivity index (χ2n) is 2.74. The van der Waals surface area contributed by atoms with E-state index in [4.69, 9.17) is 0 Å². The molecule has 0 amide bonds. The van der Waals surface area contributed by atoms with Gasteiger partial charge in [0.1, 0.15) is 13.6 Å². The summed E-state index contributed by atoms with van der Waals surface area (Å²) in [5.74, 6) is 0. The third-order valence-corrected chi connectivity index (χ3v) is 1.76. The molecular weight excluding hydrogens is 148 g/mol. The van der Waals surface area contributed by atoms with Crippen LogP contribution in [0, 0.1) is 0 Å². The predicted molar refractivity (Wildman–Crippen MR) is 53.1 cm³/mol. The number of nitrogens with zero attached hydrogens (tertiary/aromatic N) is 2. The lowest BCUT2D eigenvalue weighted by atomic mass is 10.3. The van der Waals surface area contributed by atoms with Gasteiger partial charge in [-0.2, -0.15) is 0 Å². The van der Waals surface area contributed by atoms with Crippen molar-refractivity contribution in [2.45, 2.75) is 13.3 Å². The van der Waals surface area contributed by atoms with Crippen LogP contribution >= 0.6 is 0 Å². The van der Waals surface area contributed by atoms with E-state index in [9.17, 15) is 0 Å². The van der Waals surface area contributed by atoms with Crippen molar-refractivity contribution < 1.29 is 4.58 Å². The van der Waals surface area contributed by atoms with Crippen LogP contribution in [-0.4, -0.2) is 30.6 Å². The Bertz CT molecular complexity index is 257. The van der Waals surface area contributed by atoms with E-state index in [1.807, 2.05) is 19.5 Å². The van der Waals surface area contributed by atoms with Crippen molar-refractivity contribution in [3.05, 3.63) is 23.9 Å². The van der Waals surface area contributed by atoms with Gasteiger partial charge in [-0.1, -0.05) is 19.1 Å². The van der Waals surface area contributed by atoms with Crippen LogP contribution in [0.1, 0.15) is 13.3 Å². The van der Waals surface area contributed by atoms with E-state index in [-0.39, 0.29) is 0 Å². The lowest BCUT2D eigenvalue weighted by Crippen LogP contribution is -2.14. The van der Waals surface area contributed by atoms with Crippen LogP contribution in [0.5, 0.6) is 0 Å². The maximum absolute atomic E-state index is 4.16. The molecule has 1 aliphatic rings. The minimum absolute atomic E-state index is 0.793. The minimum atomic E-state index is 0.793. The summed E-state index contributed by atoms with van der Waals surface area (Å²) in [7, 11) is 2.04. The molecule has 0 N–H and O–H groups in total. The van der Waals surface area contributed by atoms with Crippen molar-refractivity contribution >= 4 is 12.4 Å². The zero-order valence-electron chi connectivity index (χ0n) is 7.70. The molecule has 0 aliphatic carbocycles. The van der Waals surface area contributed by atoms with Gasteiger partial charge in [-0.05, 0) is 6.42 Å². The Labute approximate surface area is 73.6 Å². The molecular formula is C10H15N2+. The van der Waals surface area contributed by atoms with Gasteiger partial charge in [0.25, 0.3) is 0 Å². The Hall–Kier alpha value is -1.18. The average Bonchev–Trinajstić information content (AvgIpc) is 2.09. The van der Waals surface area contributed by atoms with Crippen molar-refractivity contribution in [2.75, 3.05) is 13.6 Å². The highest BCUT2D eigenvalue weighted by atomic mass is 15.0. The number of likely N-dealkylation sites (N-methyl/N-ethyl adjacent to an activating group) is 1. The molecule has 0 aromatic carbocycles. The SMILES string of the molecule is CC/C=C\C=C1/CN=CC=[N+]1C. The van der Waals surface area contributed by atoms with Gasteiger partial charge < -0.3 is 0 Å². The summed E-state index contributed by atoms with van der Waals surface area (Å²) in [6.45, 7) is 2.92. The summed E-state index contributed by atoms with van der Waals surface area (Å²) in [5.41, 5.74) is 1.24. The van der Waals surface area contributed by atoms with Crippen LogP contribution in [-0.2, 0) is 0 Å². The Morgan fingerprint density at radius 2 is 2.50 bits per heavy atom. The molecule has 64 valence electrons. The van der Waals surface area contributed by atoms with Gasteiger partial charge in [0.2, 0.25) is 5.70 Å². The highest BCUT2D eigenvalue weighted by Crippen LogP contribution is 1.99. The predicted octanol–water partition coefficient (Wildman–Crippen LogP) is 1.63. The Morgan fingerprint density at radius 1 is 1.67 bits per heavy atom. The molecule has 0 atom stereocenters. The molecule has 1 aliphatic heterocycles. The standard InChI is InChI=1S/C10H15N2/c1-3-4-5-6-10-9-11-7-8-12(10)2/h4-8H,3,9H2,1-2H3/q+1/b5-4-,10-6+. The van der Waals surface area contributed by atoms with Crippen molar-refractivity contribution in [3.8, 4) is 0 Å². The second kappa shape index (κ2) is 4.65. The van der Waals surface area contributed by atoms with E-state index < -0.39 is 0 Å². The lowest BCUT2D eigenvalue weighted by Gasteiger charge is -2.00. The first-order chi connectivity index (χ1) is 5.84. The van der Waals surface area contributed by atoms with E-state index >= 15 is 0 Å². The van der Waals surface area contributed by atoms with Crippen LogP contribution in [0.25, 0.3) is 0 Å². The third kappa shape index (κ3) is 2.46. The molecule has 0 fully saturated rings. The van der Waals surface area contributed by atoms with Gasteiger partial charge in [0, 0.05) is 6.08 Å². The van der Waals surface area contributed by atoms with Crippen LogP contribution < -0.4 is 0 Å². The topological polar surface area (TPSA) is 15.4 Å². The summed E-state index contributed by atoms with van der Waals surface area (Å²) in [6, 6.07) is 0. The summed E-state index contributed by atoms with van der Waals surface area (Å²) in [6.07, 6.45) is 11.2. The molecule has 1 rings (SSSR count). The molecule has 0 saturated heterocycles. The van der Waals surface area contributed by atoms with Crippen LogP contribution in [0.4, 0.5) is 0 Å². The highest BCUT2D eigenvalue weighted by Gasteiger charge is 2.07. The van der Waals surface area contributed by atoms with Gasteiger partial charge >= 0.3 is 0 Å². The number of allylic oxidation sites excluding steroid dienone is 3. The smallest absolute Gasteiger partial charge is 0.202 e. The van der Waals surface area contributed by atoms with Gasteiger partial charge in [-0.3, -0.25) is 4.99 Å². The molecule has 1 heterocycles. The first-order valence-corrected chi connectivity index (χ1v) is 4.26. The molecule has 0 spiro atoms. The summed E-state index contributed by atoms with van der Waals surface area (Å²) < 4.78 is 2.09. The molecule has 0 aromatic rings. The van der Waals surface area contributed by atoms with E-state index in [0.717, 1.165) is 13.0 Å². The van der Waals surface area contributed by atoms with Crippen LogP contribution in [0.2, 0.25) is 0 Å². The summed E-state index contributed by atoms with van der Waals surface area (Å²) in [4.78, 5) is 4.16. The first kappa shape index (κ1) is 8.91. The molecule has 12 heavy (non-hydrogen) atoms. The number of hydrogen-bond donors (Lipinski definition) is 0. The Morgan fingerprint density at radius 3 is 3.17 bits per heavy atom. The molecule has 2 heteroatoms. The quantitative estimate of drug-likeness (QED) is 0.550. The van der Waals surface area contributed by atoms with E-state index in [0.29, 0.717) is 0 Å². The Balaban J connectivity index is 2.64. The van der Waals surface area contributed by atoms with Crippen molar-refractivity contribution in [1.82, 2.24) is 0 Å². The largest absolute Gasteiger partial charge is 0.276 e. The van der Waals surface area contributed by atoms with Gasteiger partial charge in [-0.25, -0.2) is 4.58 Å². The maximum atomic E-state index is 4.16. The van der Waals surface area contributed by atoms with E-state index in [2.05, 4.69) is 34.7 Å². The van der Waals surface area contributed by atoms with Crippen LogP contribution in [0.15, 0.2) is 28.9 Å². The van der Waals surface area contributed by atoms with E-state index in [1.54, 1.807) is 0 Å². The third-order valence-electron chi connectivity index (χ3n) is 1.76. The normalized spacial score (nSPS) is 20.5. The molecule has 0 unspecified atom stereocenters. The fourth-order valence-electron chi connectivity index (χ4n) is 0.986. The van der Waals surface area contributed by atoms with Gasteiger partial charge in [-0.15, -0.1) is 0 Å². The summed E-state index contributed by atoms with van der Waals surface area (Å²) >= 11 is 0. The van der Waals surface area contributed by atoms with Gasteiger partial charge in [0.05, 0.1) is 6.21 Å². The molecule has 0 bridgehead atoms. The Kier molecular flexibility index (Phi) is 3.45. The number of aliphatic imine (C=N–C) groups is 1. The molecule has 2 nitrogen and oxygen atoms in total. The van der Waals surface area contributed by atoms with Crippen molar-refractivity contribution in [2.24, 2.45) is 4.99 Å². The zero-order valence-corrected chi connectivity index (χ0v) is 7.70. The van der Waals surface area contributed by atoms with Crippen molar-refractivity contribution in [3.63, 3.8) is 0 Å². The van der Waals surface area contributed by atoms with Gasteiger partial charge in [0.15, 0.2) is 6.21 Å². The fraction of sp³-hybridized carbons (Fsp3) is 0.400. The highest BCUT2D eigenvalue weighted by molar-refractivity contribution is 6.14. The van der Waals surface area contributed by atoms with Crippen LogP contribution in [0.3, 0.4) is 0 Å². The maximum Gasteiger partial charge on any atom is 0.202 e. The average molecular weight is 163 g/mol. The first-order valence-electron chi connectivity index (χ1n) is 4.26. The van der Waals surface area contributed by atoms with E-state index in [1.165, 1.54) is 5.70 Å². The van der Waals surface area contributed by atoms with Crippen molar-refractivity contribution in [1.29, 1.82) is 0 Å². The number of rotatable bonds is 2. The lowest BCUT2D eigenvalue weighted by molar-refractivity contribution is -0.438. The molecule has 0 aromatic heterocycles. The molecule has 0 saturated carbocycles. The fourth-order valence-corrected chi connectivity index (χ4v) is 0.986. The zero-order chi connectivity index (χ0) is 8.81. The second-order valence-corrected chi connectivity index (χ2v) is 2.74.